The molecule has 3 heterocycles. The number of ether oxygens (including phenoxy) is 1. The molecule has 2 atom stereocenters. The van der Waals surface area contributed by atoms with E-state index in [9.17, 15) is 4.79 Å². The van der Waals surface area contributed by atoms with Crippen LogP contribution in [0.25, 0.3) is 0 Å². The van der Waals surface area contributed by atoms with Gasteiger partial charge in [0.1, 0.15) is 0 Å². The Bertz CT molecular complexity index is 554. The SMILES string of the molecule is Cc1[nH]ncc1CCCNC(=O)C12CNCC1COC2(C)C. The molecule has 2 fully saturated rings. The fourth-order valence-electron chi connectivity index (χ4n) is 3.91. The molecular weight excluding hydrogens is 280 g/mol. The maximum absolute atomic E-state index is 12.8. The summed E-state index contributed by atoms with van der Waals surface area (Å²) >= 11 is 0. The van der Waals surface area contributed by atoms with E-state index in [0.717, 1.165) is 25.1 Å². The summed E-state index contributed by atoms with van der Waals surface area (Å²) in [5, 5.41) is 13.5. The van der Waals surface area contributed by atoms with Gasteiger partial charge in [0.05, 0.1) is 23.8 Å². The van der Waals surface area contributed by atoms with E-state index in [2.05, 4.69) is 20.8 Å². The van der Waals surface area contributed by atoms with Gasteiger partial charge in [0.25, 0.3) is 0 Å². The lowest BCUT2D eigenvalue weighted by molar-refractivity contribution is -0.139. The van der Waals surface area contributed by atoms with Gasteiger partial charge in [0, 0.05) is 31.2 Å². The molecule has 6 nitrogen and oxygen atoms in total. The zero-order chi connectivity index (χ0) is 15.8. The van der Waals surface area contributed by atoms with E-state index in [-0.39, 0.29) is 11.8 Å². The van der Waals surface area contributed by atoms with E-state index in [0.29, 0.717) is 19.7 Å². The zero-order valence-electron chi connectivity index (χ0n) is 13.7. The normalized spacial score (nSPS) is 29.5. The van der Waals surface area contributed by atoms with Gasteiger partial charge in [0.15, 0.2) is 0 Å². The van der Waals surface area contributed by atoms with Crippen molar-refractivity contribution in [1.82, 2.24) is 20.8 Å². The average molecular weight is 306 g/mol. The van der Waals surface area contributed by atoms with Gasteiger partial charge in [-0.2, -0.15) is 5.10 Å². The minimum absolute atomic E-state index is 0.133. The molecular formula is C16H26N4O2. The molecule has 3 rings (SSSR count). The first-order chi connectivity index (χ1) is 10.5. The first-order valence-corrected chi connectivity index (χ1v) is 8.09. The van der Waals surface area contributed by atoms with Crippen molar-refractivity contribution in [3.8, 4) is 0 Å². The third-order valence-electron chi connectivity index (χ3n) is 5.46. The highest BCUT2D eigenvalue weighted by Gasteiger charge is 2.63. The molecule has 0 aromatic carbocycles. The highest BCUT2D eigenvalue weighted by molar-refractivity contribution is 5.85. The zero-order valence-corrected chi connectivity index (χ0v) is 13.7. The molecule has 0 bridgehead atoms. The van der Waals surface area contributed by atoms with Crippen molar-refractivity contribution >= 4 is 5.91 Å². The van der Waals surface area contributed by atoms with Crippen LogP contribution >= 0.6 is 0 Å². The number of carbonyl (C=O) groups excluding carboxylic acids is 1. The second kappa shape index (κ2) is 5.66. The van der Waals surface area contributed by atoms with E-state index in [4.69, 9.17) is 4.74 Å². The molecule has 6 heteroatoms. The standard InChI is InChI=1S/C16H26N4O2/c1-11-12(7-19-20-11)5-4-6-18-14(21)16-10-17-8-13(16)9-22-15(16,2)3/h7,13,17H,4-6,8-10H2,1-3H3,(H,18,21)(H,19,20). The molecule has 3 N–H and O–H groups in total. The van der Waals surface area contributed by atoms with Gasteiger partial charge in [-0.3, -0.25) is 9.89 Å². The summed E-state index contributed by atoms with van der Waals surface area (Å²) in [4.78, 5) is 12.8. The highest BCUT2D eigenvalue weighted by atomic mass is 16.5. The van der Waals surface area contributed by atoms with Crippen LogP contribution in [0.5, 0.6) is 0 Å². The Morgan fingerprint density at radius 1 is 1.55 bits per heavy atom. The number of fused-ring (bicyclic) bond motifs is 1. The number of amides is 1. The van der Waals surface area contributed by atoms with Gasteiger partial charge >= 0.3 is 0 Å². The number of carbonyl (C=O) groups is 1. The monoisotopic (exact) mass is 306 g/mol. The number of rotatable bonds is 5. The number of hydrogen-bond acceptors (Lipinski definition) is 4. The van der Waals surface area contributed by atoms with E-state index in [1.54, 1.807) is 0 Å². The number of nitrogens with zero attached hydrogens (tertiary/aromatic N) is 1. The van der Waals surface area contributed by atoms with Crippen molar-refractivity contribution in [2.75, 3.05) is 26.2 Å². The maximum Gasteiger partial charge on any atom is 0.230 e. The molecule has 2 aliphatic rings. The Morgan fingerprint density at radius 3 is 3.09 bits per heavy atom. The van der Waals surface area contributed by atoms with Crippen molar-refractivity contribution < 1.29 is 9.53 Å². The summed E-state index contributed by atoms with van der Waals surface area (Å²) < 4.78 is 5.90. The van der Waals surface area contributed by atoms with Crippen LogP contribution in [0.15, 0.2) is 6.20 Å². The van der Waals surface area contributed by atoms with Crippen LogP contribution in [-0.2, 0) is 16.0 Å². The lowest BCUT2D eigenvalue weighted by atomic mass is 9.68. The maximum atomic E-state index is 12.8. The Morgan fingerprint density at radius 2 is 2.36 bits per heavy atom. The Kier molecular flexibility index (Phi) is 3.99. The third kappa shape index (κ3) is 2.34. The van der Waals surface area contributed by atoms with E-state index < -0.39 is 11.0 Å². The molecule has 1 amide bonds. The Balaban J connectivity index is 1.56. The van der Waals surface area contributed by atoms with E-state index in [1.165, 1.54) is 5.56 Å². The van der Waals surface area contributed by atoms with Crippen molar-refractivity contribution in [2.45, 2.75) is 39.2 Å². The van der Waals surface area contributed by atoms with Crippen molar-refractivity contribution in [3.05, 3.63) is 17.5 Å². The van der Waals surface area contributed by atoms with Gasteiger partial charge in [-0.1, -0.05) is 0 Å². The van der Waals surface area contributed by atoms with Gasteiger partial charge in [-0.05, 0) is 39.2 Å². The Hall–Kier alpha value is -1.40. The molecule has 0 aliphatic carbocycles. The Labute approximate surface area is 131 Å². The summed E-state index contributed by atoms with van der Waals surface area (Å²) in [5.41, 5.74) is 1.48. The van der Waals surface area contributed by atoms with E-state index in [1.807, 2.05) is 27.0 Å². The number of nitrogens with one attached hydrogen (secondary N) is 3. The minimum Gasteiger partial charge on any atom is -0.374 e. The van der Waals surface area contributed by atoms with Crippen molar-refractivity contribution in [2.24, 2.45) is 11.3 Å². The fourth-order valence-corrected chi connectivity index (χ4v) is 3.91. The first-order valence-electron chi connectivity index (χ1n) is 8.09. The number of H-pyrrole nitrogens is 1. The van der Waals surface area contributed by atoms with Crippen LogP contribution in [0.4, 0.5) is 0 Å². The van der Waals surface area contributed by atoms with Crippen LogP contribution in [0, 0.1) is 18.3 Å². The number of aromatic nitrogens is 2. The number of hydrogen-bond donors (Lipinski definition) is 3. The quantitative estimate of drug-likeness (QED) is 0.703. The summed E-state index contributed by atoms with van der Waals surface area (Å²) in [6.07, 6.45) is 3.71. The van der Waals surface area contributed by atoms with E-state index >= 15 is 0 Å². The average Bonchev–Trinajstić information content (AvgIpc) is 3.13. The molecule has 0 radical (unpaired) electrons. The van der Waals surface area contributed by atoms with Gasteiger partial charge in [-0.25, -0.2) is 0 Å². The van der Waals surface area contributed by atoms with Crippen LogP contribution in [0.3, 0.4) is 0 Å². The lowest BCUT2D eigenvalue weighted by Crippen LogP contribution is -2.55. The number of aromatic amines is 1. The summed E-state index contributed by atoms with van der Waals surface area (Å²) in [7, 11) is 0. The van der Waals surface area contributed by atoms with Gasteiger partial charge < -0.3 is 15.4 Å². The molecule has 122 valence electrons. The third-order valence-corrected chi connectivity index (χ3v) is 5.46. The smallest absolute Gasteiger partial charge is 0.230 e. The molecule has 1 aromatic rings. The summed E-state index contributed by atoms with van der Waals surface area (Å²) in [6.45, 7) is 9.02. The molecule has 22 heavy (non-hydrogen) atoms. The topological polar surface area (TPSA) is 79.0 Å². The number of aryl methyl sites for hydroxylation is 2. The second-order valence-electron chi connectivity index (χ2n) is 7.00. The second-order valence-corrected chi connectivity index (χ2v) is 7.00. The largest absolute Gasteiger partial charge is 0.374 e. The molecule has 2 unspecified atom stereocenters. The predicted octanol–water partition coefficient (Wildman–Crippen LogP) is 0.782. The summed E-state index contributed by atoms with van der Waals surface area (Å²) in [5.74, 6) is 0.410. The predicted molar refractivity (Wildman–Crippen MR) is 83.5 cm³/mol. The van der Waals surface area contributed by atoms with Crippen LogP contribution in [0.2, 0.25) is 0 Å². The van der Waals surface area contributed by atoms with Gasteiger partial charge in [-0.15, -0.1) is 0 Å². The fraction of sp³-hybridized carbons (Fsp3) is 0.750. The first kappa shape index (κ1) is 15.5. The molecule has 0 saturated carbocycles. The highest BCUT2D eigenvalue weighted by Crippen LogP contribution is 2.49. The molecule has 0 spiro atoms. The minimum atomic E-state index is -0.432. The molecule has 2 aliphatic heterocycles. The van der Waals surface area contributed by atoms with Crippen LogP contribution in [-0.4, -0.2) is 47.9 Å². The van der Waals surface area contributed by atoms with Crippen molar-refractivity contribution in [1.29, 1.82) is 0 Å². The van der Waals surface area contributed by atoms with Crippen LogP contribution < -0.4 is 10.6 Å². The molecule has 1 aromatic heterocycles. The lowest BCUT2D eigenvalue weighted by Gasteiger charge is -2.37. The molecule has 2 saturated heterocycles. The van der Waals surface area contributed by atoms with Crippen LogP contribution in [0.1, 0.15) is 31.5 Å². The van der Waals surface area contributed by atoms with Crippen molar-refractivity contribution in [3.63, 3.8) is 0 Å². The summed E-state index contributed by atoms with van der Waals surface area (Å²) in [6, 6.07) is 0. The van der Waals surface area contributed by atoms with Gasteiger partial charge in [0.2, 0.25) is 5.91 Å².